The average molecular weight is 476 g/mol. The number of para-hydroxylation sites is 1. The van der Waals surface area contributed by atoms with Crippen LogP contribution in [0, 0.1) is 12.7 Å². The topological polar surface area (TPSA) is 70.6 Å². The zero-order valence-electron chi connectivity index (χ0n) is 16.6. The number of nitrogens with zero attached hydrogens (tertiary/aromatic N) is 3. The fraction of sp³-hybridized carbons (Fsp3) is 0.143. The Morgan fingerprint density at radius 1 is 1.13 bits per heavy atom. The summed E-state index contributed by atoms with van der Waals surface area (Å²) in [5.74, 6) is -0.999. The minimum Gasteiger partial charge on any atom is -0.272 e. The molecule has 2 aromatic carbocycles. The van der Waals surface area contributed by atoms with Gasteiger partial charge < -0.3 is 0 Å². The monoisotopic (exact) mass is 475 g/mol. The van der Waals surface area contributed by atoms with Crippen LogP contribution in [-0.2, 0) is 14.8 Å². The van der Waals surface area contributed by atoms with Crippen molar-refractivity contribution >= 4 is 59.6 Å². The number of benzene rings is 2. The van der Waals surface area contributed by atoms with Crippen molar-refractivity contribution in [2.24, 2.45) is 0 Å². The standard InChI is InChI=1S/C21H18FN3O3S3/c1-14-9-10-15(12-16(14)22)25(21-23-17-6-3-4-7-18(17)30-21)19(26)13-24(2)31(27,28)20-8-5-11-29-20/h3-12H,13H2,1-2H3. The molecule has 4 aromatic rings. The van der Waals surface area contributed by atoms with E-state index < -0.39 is 28.3 Å². The van der Waals surface area contributed by atoms with Crippen LogP contribution in [0.5, 0.6) is 0 Å². The molecule has 0 fully saturated rings. The van der Waals surface area contributed by atoms with Crippen molar-refractivity contribution in [3.63, 3.8) is 0 Å². The third kappa shape index (κ3) is 4.24. The molecule has 0 atom stereocenters. The van der Waals surface area contributed by atoms with Gasteiger partial charge in [-0.2, -0.15) is 4.31 Å². The second-order valence-electron chi connectivity index (χ2n) is 6.82. The number of amides is 1. The second kappa shape index (κ2) is 8.46. The van der Waals surface area contributed by atoms with Crippen molar-refractivity contribution in [1.29, 1.82) is 0 Å². The lowest BCUT2D eigenvalue weighted by molar-refractivity contribution is -0.117. The first-order valence-electron chi connectivity index (χ1n) is 9.22. The molecule has 0 aliphatic heterocycles. The lowest BCUT2D eigenvalue weighted by atomic mass is 10.2. The summed E-state index contributed by atoms with van der Waals surface area (Å²) in [5.41, 5.74) is 1.43. The molecule has 160 valence electrons. The van der Waals surface area contributed by atoms with Gasteiger partial charge in [-0.3, -0.25) is 9.69 Å². The minimum atomic E-state index is -3.81. The van der Waals surface area contributed by atoms with Gasteiger partial charge in [-0.1, -0.05) is 35.6 Å². The maximum absolute atomic E-state index is 14.3. The number of rotatable bonds is 6. The molecule has 0 unspecified atom stereocenters. The molecule has 0 spiro atoms. The Hall–Kier alpha value is -2.66. The highest BCUT2D eigenvalue weighted by Crippen LogP contribution is 2.34. The molecule has 31 heavy (non-hydrogen) atoms. The molecule has 10 heteroatoms. The van der Waals surface area contributed by atoms with Crippen molar-refractivity contribution in [3.05, 3.63) is 71.4 Å². The Morgan fingerprint density at radius 2 is 1.90 bits per heavy atom. The van der Waals surface area contributed by atoms with Crippen molar-refractivity contribution in [2.45, 2.75) is 11.1 Å². The summed E-state index contributed by atoms with van der Waals surface area (Å²) in [6.07, 6.45) is 0. The van der Waals surface area contributed by atoms with Gasteiger partial charge in [-0.15, -0.1) is 11.3 Å². The highest BCUT2D eigenvalue weighted by atomic mass is 32.2. The summed E-state index contributed by atoms with van der Waals surface area (Å²) in [6, 6.07) is 15.0. The van der Waals surface area contributed by atoms with Crippen LogP contribution in [0.1, 0.15) is 5.56 Å². The van der Waals surface area contributed by atoms with E-state index in [4.69, 9.17) is 0 Å². The smallest absolute Gasteiger partial charge is 0.252 e. The molecule has 4 rings (SSSR count). The van der Waals surface area contributed by atoms with E-state index in [1.165, 1.54) is 35.4 Å². The van der Waals surface area contributed by atoms with Gasteiger partial charge in [0.05, 0.1) is 22.4 Å². The molecule has 0 N–H and O–H groups in total. The van der Waals surface area contributed by atoms with Crippen LogP contribution in [0.25, 0.3) is 10.2 Å². The number of thiophene rings is 1. The molecule has 2 heterocycles. The fourth-order valence-corrected chi connectivity index (χ4v) is 6.27. The number of aromatic nitrogens is 1. The van der Waals surface area contributed by atoms with Crippen molar-refractivity contribution in [2.75, 3.05) is 18.5 Å². The summed E-state index contributed by atoms with van der Waals surface area (Å²) in [5, 5.41) is 2.00. The van der Waals surface area contributed by atoms with Gasteiger partial charge in [0.25, 0.3) is 10.0 Å². The van der Waals surface area contributed by atoms with Gasteiger partial charge >= 0.3 is 0 Å². The highest BCUT2D eigenvalue weighted by Gasteiger charge is 2.29. The first kappa shape index (κ1) is 21.6. The maximum atomic E-state index is 14.3. The van der Waals surface area contributed by atoms with E-state index in [0.29, 0.717) is 16.2 Å². The number of hydrogen-bond acceptors (Lipinski definition) is 6. The normalized spacial score (nSPS) is 11.9. The quantitative estimate of drug-likeness (QED) is 0.402. The number of aryl methyl sites for hydroxylation is 1. The van der Waals surface area contributed by atoms with E-state index in [2.05, 4.69) is 4.98 Å². The SMILES string of the molecule is Cc1ccc(N(C(=O)CN(C)S(=O)(=O)c2cccs2)c2nc3ccccc3s2)cc1F. The summed E-state index contributed by atoms with van der Waals surface area (Å²) in [7, 11) is -2.47. The molecule has 0 radical (unpaired) electrons. The second-order valence-corrected chi connectivity index (χ2v) is 11.0. The third-order valence-electron chi connectivity index (χ3n) is 4.65. The molecule has 0 saturated carbocycles. The zero-order chi connectivity index (χ0) is 22.2. The molecule has 0 aliphatic carbocycles. The number of hydrogen-bond donors (Lipinski definition) is 0. The maximum Gasteiger partial charge on any atom is 0.252 e. The van der Waals surface area contributed by atoms with E-state index in [9.17, 15) is 17.6 Å². The molecular weight excluding hydrogens is 457 g/mol. The molecule has 2 aromatic heterocycles. The fourth-order valence-electron chi connectivity index (χ4n) is 2.95. The number of carbonyl (C=O) groups excluding carboxylic acids is 1. The first-order chi connectivity index (χ1) is 14.8. The molecule has 1 amide bonds. The van der Waals surface area contributed by atoms with Gasteiger partial charge in [0.15, 0.2) is 5.13 Å². The van der Waals surface area contributed by atoms with Gasteiger partial charge in [0.2, 0.25) is 5.91 Å². The lowest BCUT2D eigenvalue weighted by Crippen LogP contribution is -2.39. The first-order valence-corrected chi connectivity index (χ1v) is 12.4. The highest BCUT2D eigenvalue weighted by molar-refractivity contribution is 7.91. The van der Waals surface area contributed by atoms with Crippen LogP contribution >= 0.6 is 22.7 Å². The van der Waals surface area contributed by atoms with E-state index in [1.54, 1.807) is 30.5 Å². The van der Waals surface area contributed by atoms with Crippen LogP contribution in [0.3, 0.4) is 0 Å². The Kier molecular flexibility index (Phi) is 5.89. The Bertz CT molecular complexity index is 1320. The minimum absolute atomic E-state index is 0.149. The summed E-state index contributed by atoms with van der Waals surface area (Å²) in [6.45, 7) is 1.20. The third-order valence-corrected chi connectivity index (χ3v) is 8.85. The van der Waals surface area contributed by atoms with Gasteiger partial charge in [-0.05, 0) is 48.2 Å². The van der Waals surface area contributed by atoms with Gasteiger partial charge in [-0.25, -0.2) is 17.8 Å². The number of fused-ring (bicyclic) bond motifs is 1. The van der Waals surface area contributed by atoms with E-state index in [-0.39, 0.29) is 9.90 Å². The number of likely N-dealkylation sites (N-methyl/N-ethyl adjacent to an activating group) is 1. The van der Waals surface area contributed by atoms with E-state index in [0.717, 1.165) is 20.3 Å². The Morgan fingerprint density at radius 3 is 2.58 bits per heavy atom. The Labute approximate surface area is 187 Å². The molecule has 6 nitrogen and oxygen atoms in total. The van der Waals surface area contributed by atoms with Crippen LogP contribution in [0.4, 0.5) is 15.2 Å². The van der Waals surface area contributed by atoms with Crippen LogP contribution in [-0.4, -0.2) is 37.2 Å². The largest absolute Gasteiger partial charge is 0.272 e. The van der Waals surface area contributed by atoms with Crippen molar-refractivity contribution in [1.82, 2.24) is 9.29 Å². The number of thiazole rings is 1. The van der Waals surface area contributed by atoms with E-state index >= 15 is 0 Å². The zero-order valence-corrected chi connectivity index (χ0v) is 19.1. The van der Waals surface area contributed by atoms with Gasteiger partial charge in [0, 0.05) is 7.05 Å². The summed E-state index contributed by atoms with van der Waals surface area (Å²) >= 11 is 2.36. The molecule has 0 saturated heterocycles. The predicted molar refractivity (Wildman–Crippen MR) is 122 cm³/mol. The molecular formula is C21H18FN3O3S3. The lowest BCUT2D eigenvalue weighted by Gasteiger charge is -2.23. The van der Waals surface area contributed by atoms with Crippen LogP contribution < -0.4 is 4.90 Å². The van der Waals surface area contributed by atoms with Crippen molar-refractivity contribution in [3.8, 4) is 0 Å². The number of halogens is 1. The van der Waals surface area contributed by atoms with Crippen LogP contribution in [0.2, 0.25) is 0 Å². The number of anilines is 2. The summed E-state index contributed by atoms with van der Waals surface area (Å²) in [4.78, 5) is 19.1. The van der Waals surface area contributed by atoms with Crippen molar-refractivity contribution < 1.29 is 17.6 Å². The summed E-state index contributed by atoms with van der Waals surface area (Å²) < 4.78 is 41.8. The number of sulfonamides is 1. The molecule has 0 aliphatic rings. The average Bonchev–Trinajstić information content (AvgIpc) is 3.41. The van der Waals surface area contributed by atoms with Crippen LogP contribution in [0.15, 0.2) is 64.2 Å². The number of carbonyl (C=O) groups is 1. The predicted octanol–water partition coefficient (Wildman–Crippen LogP) is 4.79. The Balaban J connectivity index is 1.73. The van der Waals surface area contributed by atoms with Gasteiger partial charge in [0.1, 0.15) is 10.0 Å². The van der Waals surface area contributed by atoms with E-state index in [1.807, 2.05) is 24.3 Å². The molecule has 0 bridgehead atoms.